The van der Waals surface area contributed by atoms with Crippen molar-refractivity contribution in [1.29, 1.82) is 0 Å². The van der Waals surface area contributed by atoms with Crippen LogP contribution in [0.2, 0.25) is 0 Å². The molecule has 0 spiro atoms. The van der Waals surface area contributed by atoms with Gasteiger partial charge >= 0.3 is 5.97 Å². The van der Waals surface area contributed by atoms with E-state index in [1.165, 1.54) is 0 Å². The van der Waals surface area contributed by atoms with E-state index in [2.05, 4.69) is 13.8 Å². The van der Waals surface area contributed by atoms with E-state index in [-0.39, 0.29) is 17.4 Å². The first-order valence-electron chi connectivity index (χ1n) is 5.76. The SMILES string of the molecule is CC1CCC(S(=O)(=O)CCC(=O)O)CC1C. The van der Waals surface area contributed by atoms with Crippen LogP contribution in [-0.2, 0) is 14.6 Å². The van der Waals surface area contributed by atoms with Crippen LogP contribution in [0.4, 0.5) is 0 Å². The van der Waals surface area contributed by atoms with Crippen molar-refractivity contribution in [3.63, 3.8) is 0 Å². The Balaban J connectivity index is 2.59. The Morgan fingerprint density at radius 1 is 1.25 bits per heavy atom. The highest BCUT2D eigenvalue weighted by Crippen LogP contribution is 2.33. The van der Waals surface area contributed by atoms with Crippen LogP contribution >= 0.6 is 0 Å². The van der Waals surface area contributed by atoms with Crippen LogP contribution in [-0.4, -0.2) is 30.5 Å². The Morgan fingerprint density at radius 3 is 2.38 bits per heavy atom. The largest absolute Gasteiger partial charge is 0.481 e. The molecule has 1 N–H and O–H groups in total. The molecule has 4 nitrogen and oxygen atoms in total. The fourth-order valence-corrected chi connectivity index (χ4v) is 4.10. The van der Waals surface area contributed by atoms with Gasteiger partial charge < -0.3 is 5.11 Å². The van der Waals surface area contributed by atoms with Gasteiger partial charge in [0, 0.05) is 0 Å². The summed E-state index contributed by atoms with van der Waals surface area (Å²) in [5, 5.41) is 8.18. The normalized spacial score (nSPS) is 31.2. The van der Waals surface area contributed by atoms with Crippen molar-refractivity contribution in [3.05, 3.63) is 0 Å². The highest BCUT2D eigenvalue weighted by molar-refractivity contribution is 7.92. The Bertz CT molecular complexity index is 347. The maximum atomic E-state index is 11.9. The van der Waals surface area contributed by atoms with Crippen LogP contribution in [0, 0.1) is 11.8 Å². The summed E-state index contributed by atoms with van der Waals surface area (Å²) in [6.07, 6.45) is 2.03. The molecule has 1 saturated carbocycles. The van der Waals surface area contributed by atoms with Crippen molar-refractivity contribution in [3.8, 4) is 0 Å². The zero-order valence-electron chi connectivity index (χ0n) is 9.85. The molecule has 0 aliphatic heterocycles. The van der Waals surface area contributed by atoms with Crippen LogP contribution in [0.3, 0.4) is 0 Å². The minimum atomic E-state index is -3.22. The Hall–Kier alpha value is -0.580. The van der Waals surface area contributed by atoms with E-state index in [0.717, 1.165) is 6.42 Å². The summed E-state index contributed by atoms with van der Waals surface area (Å²) in [5.41, 5.74) is 0. The first kappa shape index (κ1) is 13.5. The van der Waals surface area contributed by atoms with Gasteiger partial charge in [-0.2, -0.15) is 0 Å². The highest BCUT2D eigenvalue weighted by Gasteiger charge is 2.33. The molecular formula is C11H20O4S. The summed E-state index contributed by atoms with van der Waals surface area (Å²) in [6, 6.07) is 0. The van der Waals surface area contributed by atoms with Crippen LogP contribution < -0.4 is 0 Å². The molecule has 0 radical (unpaired) electrons. The highest BCUT2D eigenvalue weighted by atomic mass is 32.2. The third-order valence-corrected chi connectivity index (χ3v) is 5.88. The van der Waals surface area contributed by atoms with Crippen molar-refractivity contribution in [2.75, 3.05) is 5.75 Å². The van der Waals surface area contributed by atoms with E-state index in [0.29, 0.717) is 24.7 Å². The van der Waals surface area contributed by atoms with Crippen LogP contribution in [0.1, 0.15) is 39.5 Å². The first-order valence-corrected chi connectivity index (χ1v) is 7.48. The zero-order chi connectivity index (χ0) is 12.3. The molecule has 16 heavy (non-hydrogen) atoms. The number of hydrogen-bond acceptors (Lipinski definition) is 3. The number of rotatable bonds is 4. The topological polar surface area (TPSA) is 71.4 Å². The predicted molar refractivity (Wildman–Crippen MR) is 62.0 cm³/mol. The second kappa shape index (κ2) is 5.17. The molecule has 0 heterocycles. The molecule has 0 aromatic rings. The number of carbonyl (C=O) groups is 1. The van der Waals surface area contributed by atoms with Gasteiger partial charge in [-0.25, -0.2) is 8.42 Å². The van der Waals surface area contributed by atoms with Gasteiger partial charge in [0.15, 0.2) is 9.84 Å². The second-order valence-corrected chi connectivity index (χ2v) is 7.30. The molecule has 0 saturated heterocycles. The summed E-state index contributed by atoms with van der Waals surface area (Å²) in [7, 11) is -3.22. The number of aliphatic carboxylic acids is 1. The monoisotopic (exact) mass is 248 g/mol. The van der Waals surface area contributed by atoms with Gasteiger partial charge in [0.05, 0.1) is 17.4 Å². The van der Waals surface area contributed by atoms with E-state index in [1.54, 1.807) is 0 Å². The molecule has 3 atom stereocenters. The zero-order valence-corrected chi connectivity index (χ0v) is 10.7. The molecular weight excluding hydrogens is 228 g/mol. The van der Waals surface area contributed by atoms with Crippen molar-refractivity contribution in [2.24, 2.45) is 11.8 Å². The molecule has 0 aromatic carbocycles. The average molecular weight is 248 g/mol. The molecule has 5 heteroatoms. The lowest BCUT2D eigenvalue weighted by Crippen LogP contribution is -2.33. The van der Waals surface area contributed by atoms with Gasteiger partial charge in [0.25, 0.3) is 0 Å². The molecule has 0 bridgehead atoms. The Morgan fingerprint density at radius 2 is 1.88 bits per heavy atom. The fourth-order valence-electron chi connectivity index (χ4n) is 2.22. The summed E-state index contributed by atoms with van der Waals surface area (Å²) >= 11 is 0. The summed E-state index contributed by atoms with van der Waals surface area (Å²) in [4.78, 5) is 10.4. The number of hydrogen-bond donors (Lipinski definition) is 1. The van der Waals surface area contributed by atoms with Crippen LogP contribution in [0.25, 0.3) is 0 Å². The van der Waals surface area contributed by atoms with E-state index in [1.807, 2.05) is 0 Å². The molecule has 1 rings (SSSR count). The van der Waals surface area contributed by atoms with E-state index < -0.39 is 15.8 Å². The lowest BCUT2D eigenvalue weighted by atomic mass is 9.81. The van der Waals surface area contributed by atoms with Gasteiger partial charge in [0.2, 0.25) is 0 Å². The summed E-state index contributed by atoms with van der Waals surface area (Å²) in [6.45, 7) is 4.22. The lowest BCUT2D eigenvalue weighted by Gasteiger charge is -2.31. The van der Waals surface area contributed by atoms with Crippen molar-refractivity contribution in [2.45, 2.75) is 44.8 Å². The summed E-state index contributed by atoms with van der Waals surface area (Å²) in [5.74, 6) is -0.265. The number of sulfone groups is 1. The molecule has 0 amide bonds. The minimum absolute atomic E-state index is 0.214. The molecule has 1 fully saturated rings. The van der Waals surface area contributed by atoms with E-state index in [4.69, 9.17) is 5.11 Å². The maximum absolute atomic E-state index is 11.9. The minimum Gasteiger partial charge on any atom is -0.481 e. The summed E-state index contributed by atoms with van der Waals surface area (Å²) < 4.78 is 23.8. The Labute approximate surface area is 97.0 Å². The van der Waals surface area contributed by atoms with Gasteiger partial charge in [0.1, 0.15) is 0 Å². The van der Waals surface area contributed by atoms with Crippen LogP contribution in [0.15, 0.2) is 0 Å². The fraction of sp³-hybridized carbons (Fsp3) is 0.909. The molecule has 0 aromatic heterocycles. The number of carboxylic acid groups (broad SMARTS) is 1. The standard InChI is InChI=1S/C11H20O4S/c1-8-3-4-10(7-9(8)2)16(14,15)6-5-11(12)13/h8-10H,3-7H2,1-2H3,(H,12,13). The quantitative estimate of drug-likeness (QED) is 0.822. The van der Waals surface area contributed by atoms with Crippen molar-refractivity contribution >= 4 is 15.8 Å². The Kier molecular flexibility index (Phi) is 4.35. The van der Waals surface area contributed by atoms with Gasteiger partial charge in [-0.1, -0.05) is 13.8 Å². The van der Waals surface area contributed by atoms with Gasteiger partial charge in [-0.05, 0) is 31.1 Å². The third-order valence-electron chi connectivity index (χ3n) is 3.66. The lowest BCUT2D eigenvalue weighted by molar-refractivity contribution is -0.136. The van der Waals surface area contributed by atoms with Crippen LogP contribution in [0.5, 0.6) is 0 Å². The molecule has 94 valence electrons. The van der Waals surface area contributed by atoms with Gasteiger partial charge in [-0.15, -0.1) is 0 Å². The second-order valence-electron chi connectivity index (χ2n) is 4.90. The average Bonchev–Trinajstić information content (AvgIpc) is 2.19. The van der Waals surface area contributed by atoms with Gasteiger partial charge in [-0.3, -0.25) is 4.79 Å². The van der Waals surface area contributed by atoms with Crippen molar-refractivity contribution < 1.29 is 18.3 Å². The third kappa shape index (κ3) is 3.47. The molecule has 3 unspecified atom stereocenters. The van der Waals surface area contributed by atoms with E-state index in [9.17, 15) is 13.2 Å². The maximum Gasteiger partial charge on any atom is 0.304 e. The number of carboxylic acids is 1. The molecule has 1 aliphatic carbocycles. The first-order chi connectivity index (χ1) is 7.33. The smallest absolute Gasteiger partial charge is 0.304 e. The predicted octanol–water partition coefficient (Wildman–Crippen LogP) is 1.70. The van der Waals surface area contributed by atoms with Crippen molar-refractivity contribution in [1.82, 2.24) is 0 Å². The van der Waals surface area contributed by atoms with E-state index >= 15 is 0 Å². The molecule has 1 aliphatic rings.